The van der Waals surface area contributed by atoms with Crippen LogP contribution in [0.4, 0.5) is 55.7 Å². The van der Waals surface area contributed by atoms with Crippen LogP contribution < -0.4 is 15.5 Å². The molecule has 0 aliphatic carbocycles. The number of fused-ring (bicyclic) bond motifs is 1. The van der Waals surface area contributed by atoms with Gasteiger partial charge in [-0.3, -0.25) is 9.69 Å². The number of rotatable bonds is 11. The van der Waals surface area contributed by atoms with E-state index in [1.165, 1.54) is 6.20 Å². The van der Waals surface area contributed by atoms with Crippen molar-refractivity contribution in [2.75, 3.05) is 42.7 Å². The second-order valence-electron chi connectivity index (χ2n) is 13.2. The van der Waals surface area contributed by atoms with E-state index in [1.807, 2.05) is 0 Å². The molecule has 0 saturated carbocycles. The first-order chi connectivity index (χ1) is 25.7. The van der Waals surface area contributed by atoms with Crippen LogP contribution >= 0.6 is 0 Å². The molecular formula is C35H37F9N6O5. The lowest BCUT2D eigenvalue weighted by molar-refractivity contribution is -0.143. The van der Waals surface area contributed by atoms with Gasteiger partial charge in [0.05, 0.1) is 65.8 Å². The average molecular weight is 793 g/mol. The monoisotopic (exact) mass is 792 g/mol. The molecule has 3 aromatic rings. The fourth-order valence-electron chi connectivity index (χ4n) is 6.53. The number of pyridine rings is 1. The van der Waals surface area contributed by atoms with Crippen LogP contribution in [0.15, 0.2) is 36.5 Å². The average Bonchev–Trinajstić information content (AvgIpc) is 3.11. The Kier molecular flexibility index (Phi) is 12.2. The number of carbonyl (C=O) groups is 2. The van der Waals surface area contributed by atoms with Crippen molar-refractivity contribution in [3.8, 4) is 0 Å². The van der Waals surface area contributed by atoms with Crippen LogP contribution in [0.2, 0.25) is 0 Å². The van der Waals surface area contributed by atoms with Crippen LogP contribution in [0, 0.1) is 0 Å². The Morgan fingerprint density at radius 3 is 2.16 bits per heavy atom. The Balaban J connectivity index is 1.60. The molecule has 11 nitrogen and oxygen atoms in total. The van der Waals surface area contributed by atoms with Crippen molar-refractivity contribution in [2.24, 2.45) is 5.73 Å². The van der Waals surface area contributed by atoms with Crippen molar-refractivity contribution >= 4 is 23.4 Å². The van der Waals surface area contributed by atoms with Crippen LogP contribution in [-0.2, 0) is 39.2 Å². The quantitative estimate of drug-likeness (QED) is 0.148. The summed E-state index contributed by atoms with van der Waals surface area (Å²) in [7, 11) is 0. The predicted octanol–water partition coefficient (Wildman–Crippen LogP) is 7.54. The minimum atomic E-state index is -5.12. The number of benzene rings is 1. The molecule has 300 valence electrons. The van der Waals surface area contributed by atoms with E-state index in [0.29, 0.717) is 37.5 Å². The van der Waals surface area contributed by atoms with Gasteiger partial charge in [0.15, 0.2) is 0 Å². The molecular weight excluding hydrogens is 755 g/mol. The number of carboxylic acids is 1. The maximum atomic E-state index is 14.0. The van der Waals surface area contributed by atoms with Gasteiger partial charge in [0.1, 0.15) is 17.2 Å². The van der Waals surface area contributed by atoms with Gasteiger partial charge in [0.25, 0.3) is 0 Å². The number of nitrogens with zero attached hydrogens (tertiary/aromatic N) is 5. The lowest BCUT2D eigenvalue weighted by Crippen LogP contribution is -2.62. The lowest BCUT2D eigenvalue weighted by atomic mass is 9.83. The number of unbranched alkanes of at least 4 members (excludes halogenated alkanes) is 2. The number of hydrogen-bond donors (Lipinski definition) is 2. The van der Waals surface area contributed by atoms with Crippen molar-refractivity contribution in [1.82, 2.24) is 15.0 Å². The number of morpholine rings is 1. The molecule has 5 rings (SSSR count). The minimum Gasteiger partial charge on any atom is -0.481 e. The van der Waals surface area contributed by atoms with Gasteiger partial charge in [-0.1, -0.05) is 6.92 Å². The fraction of sp³-hybridized carbons (Fsp3) is 0.514. The molecule has 55 heavy (non-hydrogen) atoms. The molecule has 2 atom stereocenters. The number of halogens is 9. The first kappa shape index (κ1) is 41.4. The molecule has 3 N–H and O–H groups in total. The molecule has 1 amide bonds. The number of alkyl halides is 9. The summed E-state index contributed by atoms with van der Waals surface area (Å²) in [5, 5.41) is 8.84. The van der Waals surface area contributed by atoms with Gasteiger partial charge in [0.2, 0.25) is 0 Å². The normalized spacial score (nSPS) is 19.3. The highest BCUT2D eigenvalue weighted by molar-refractivity contribution is 5.91. The maximum Gasteiger partial charge on any atom is 0.433 e. The third-order valence-electron chi connectivity index (χ3n) is 9.37. The van der Waals surface area contributed by atoms with Gasteiger partial charge in [-0.05, 0) is 68.0 Å². The van der Waals surface area contributed by atoms with Gasteiger partial charge in [0, 0.05) is 25.9 Å². The Morgan fingerprint density at radius 1 is 0.927 bits per heavy atom. The van der Waals surface area contributed by atoms with Crippen LogP contribution in [0.25, 0.3) is 0 Å². The number of hydrogen-bond acceptors (Lipinski definition) is 9. The van der Waals surface area contributed by atoms with Crippen molar-refractivity contribution in [1.29, 1.82) is 0 Å². The first-order valence-corrected chi connectivity index (χ1v) is 17.2. The van der Waals surface area contributed by atoms with E-state index in [2.05, 4.69) is 15.0 Å². The molecule has 1 saturated heterocycles. The molecule has 0 unspecified atom stereocenters. The smallest absolute Gasteiger partial charge is 0.433 e. The van der Waals surface area contributed by atoms with Crippen molar-refractivity contribution in [3.05, 3.63) is 76.1 Å². The summed E-state index contributed by atoms with van der Waals surface area (Å²) in [6, 6.07) is 2.81. The lowest BCUT2D eigenvalue weighted by Gasteiger charge is -2.46. The molecule has 0 spiro atoms. The zero-order valence-electron chi connectivity index (χ0n) is 29.3. The highest BCUT2D eigenvalue weighted by atomic mass is 19.4. The maximum absolute atomic E-state index is 14.0. The first-order valence-electron chi connectivity index (χ1n) is 17.2. The molecule has 1 fully saturated rings. The largest absolute Gasteiger partial charge is 0.481 e. The third kappa shape index (κ3) is 9.75. The highest BCUT2D eigenvalue weighted by Crippen LogP contribution is 2.46. The number of anilines is 2. The van der Waals surface area contributed by atoms with Crippen molar-refractivity contribution in [3.63, 3.8) is 0 Å². The number of aromatic nitrogens is 3. The van der Waals surface area contributed by atoms with E-state index in [4.69, 9.17) is 20.3 Å². The van der Waals surface area contributed by atoms with Crippen molar-refractivity contribution < 1.29 is 63.7 Å². The van der Waals surface area contributed by atoms with Crippen LogP contribution in [0.1, 0.15) is 91.0 Å². The van der Waals surface area contributed by atoms with Crippen LogP contribution in [0.5, 0.6) is 0 Å². The zero-order valence-corrected chi connectivity index (χ0v) is 29.3. The number of nitrogens with two attached hydrogens (primary N) is 1. The second kappa shape index (κ2) is 16.2. The number of aliphatic carboxylic acids is 1. The molecule has 2 aliphatic rings. The van der Waals surface area contributed by atoms with E-state index in [9.17, 15) is 49.1 Å². The summed E-state index contributed by atoms with van der Waals surface area (Å²) in [6.07, 6.45) is -14.8. The molecule has 20 heteroatoms. The molecule has 0 bridgehead atoms. The van der Waals surface area contributed by atoms with Gasteiger partial charge >= 0.3 is 30.6 Å². The summed E-state index contributed by atoms with van der Waals surface area (Å²) < 4.78 is 136. The number of amides is 1. The van der Waals surface area contributed by atoms with E-state index in [1.54, 1.807) is 11.8 Å². The number of ether oxygens (including phenoxy) is 2. The van der Waals surface area contributed by atoms with Gasteiger partial charge in [-0.25, -0.2) is 19.7 Å². The van der Waals surface area contributed by atoms with Gasteiger partial charge in [-0.15, -0.1) is 0 Å². The molecule has 4 heterocycles. The minimum absolute atomic E-state index is 0.00245. The SMILES string of the molecule is CC[C@]1(N)C[C@H](c2ncc(N3CCOCC3)c(Cc3cc(C(F)(F)F)cc(C(F)(F)F)c3)n2)c2nc(C(F)(F)F)ccc2N1C(=O)OCCCCCC(=O)O. The van der Waals surface area contributed by atoms with Gasteiger partial charge < -0.3 is 25.2 Å². The third-order valence-corrected chi connectivity index (χ3v) is 9.37. The van der Waals surface area contributed by atoms with Gasteiger partial charge in [-0.2, -0.15) is 39.5 Å². The Morgan fingerprint density at radius 2 is 1.58 bits per heavy atom. The topological polar surface area (TPSA) is 144 Å². The predicted molar refractivity (Wildman–Crippen MR) is 177 cm³/mol. The Bertz CT molecular complexity index is 1840. The molecule has 1 aromatic carbocycles. The highest BCUT2D eigenvalue weighted by Gasteiger charge is 2.48. The van der Waals surface area contributed by atoms with E-state index < -0.39 is 65.4 Å². The summed E-state index contributed by atoms with van der Waals surface area (Å²) in [6.45, 7) is 2.49. The summed E-state index contributed by atoms with van der Waals surface area (Å²) in [4.78, 5) is 40.0. The van der Waals surface area contributed by atoms with Crippen molar-refractivity contribution in [2.45, 2.75) is 82.0 Å². The standard InChI is InChI=1S/C35H37F9N6O5/c1-2-32(45)18-23(29-25(7-8-27(48-29)35(42,43)44)50(32)31(53)55-11-5-3-4-6-28(51)52)30-46-19-26(49-9-12-54-13-10-49)24(47-30)16-20-14-21(33(36,37)38)17-22(15-20)34(39,40)41/h7-8,14-15,17,19,23H,2-6,9-13,16,18,45H2,1H3,(H,51,52)/t23-,32+/m0/s1. The Labute approximate surface area is 308 Å². The summed E-state index contributed by atoms with van der Waals surface area (Å²) >= 11 is 0. The van der Waals surface area contributed by atoms with E-state index in [-0.39, 0.29) is 92.4 Å². The molecule has 2 aliphatic heterocycles. The molecule has 2 aromatic heterocycles. The Hall–Kier alpha value is -4.72. The fourth-order valence-corrected chi connectivity index (χ4v) is 6.53. The molecule has 0 radical (unpaired) electrons. The second-order valence-corrected chi connectivity index (χ2v) is 13.2. The van der Waals surface area contributed by atoms with E-state index >= 15 is 0 Å². The number of carboxylic acid groups (broad SMARTS) is 1. The van der Waals surface area contributed by atoms with Crippen LogP contribution in [-0.4, -0.2) is 70.7 Å². The van der Waals surface area contributed by atoms with E-state index in [0.717, 1.165) is 11.0 Å². The summed E-state index contributed by atoms with van der Waals surface area (Å²) in [5.74, 6) is -2.42. The van der Waals surface area contributed by atoms with Crippen LogP contribution in [0.3, 0.4) is 0 Å². The summed E-state index contributed by atoms with van der Waals surface area (Å²) in [5.41, 5.74) is 0.164. The zero-order chi connectivity index (χ0) is 40.3. The number of carbonyl (C=O) groups excluding carboxylic acids is 1.